The third kappa shape index (κ3) is 4.71. The van der Waals surface area contributed by atoms with Gasteiger partial charge in [-0.1, -0.05) is 17.3 Å². The van der Waals surface area contributed by atoms with Gasteiger partial charge in [0.1, 0.15) is 5.82 Å². The Hall–Kier alpha value is -2.15. The Morgan fingerprint density at radius 2 is 2.10 bits per heavy atom. The normalized spacial score (nSPS) is 11.5. The molecule has 1 amide bonds. The number of halogens is 1. The van der Waals surface area contributed by atoms with E-state index in [1.165, 1.54) is 12.1 Å². The number of nitrogens with two attached hydrogens (primary N) is 1. The molecule has 0 spiro atoms. The number of rotatable bonds is 7. The van der Waals surface area contributed by atoms with Crippen LogP contribution < -0.4 is 11.1 Å². The van der Waals surface area contributed by atoms with Gasteiger partial charge in [-0.15, -0.1) is 0 Å². The zero-order chi connectivity index (χ0) is 15.8. The van der Waals surface area contributed by atoms with E-state index in [0.717, 1.165) is 0 Å². The molecule has 0 aliphatic carbocycles. The lowest BCUT2D eigenvalue weighted by molar-refractivity contribution is -0.129. The lowest BCUT2D eigenvalue weighted by Gasteiger charge is -2.18. The van der Waals surface area contributed by atoms with Gasteiger partial charge in [0.25, 0.3) is 0 Å². The standard InChI is InChI=1S/C14H21FN4O2/c1-3-19(4-2)13(20)9-17-8-11-6-5-10(7-12(11)15)14(16)18-21/h5-7,17,21H,3-4,8-9H2,1-2H3,(H2,16,18). The molecule has 6 nitrogen and oxygen atoms in total. The molecule has 116 valence electrons. The fourth-order valence-electron chi connectivity index (χ4n) is 1.90. The van der Waals surface area contributed by atoms with Gasteiger partial charge in [0.05, 0.1) is 6.54 Å². The average molecular weight is 296 g/mol. The van der Waals surface area contributed by atoms with E-state index in [-0.39, 0.29) is 24.8 Å². The molecule has 1 rings (SSSR count). The summed E-state index contributed by atoms with van der Waals surface area (Å²) in [6.45, 7) is 5.51. The highest BCUT2D eigenvalue weighted by atomic mass is 19.1. The first-order valence-corrected chi connectivity index (χ1v) is 6.78. The molecular weight excluding hydrogens is 275 g/mol. The van der Waals surface area contributed by atoms with Crippen LogP contribution in [0.1, 0.15) is 25.0 Å². The minimum absolute atomic E-state index is 0.0197. The van der Waals surface area contributed by atoms with Crippen molar-refractivity contribution in [2.45, 2.75) is 20.4 Å². The maximum absolute atomic E-state index is 13.8. The van der Waals surface area contributed by atoms with Crippen molar-refractivity contribution < 1.29 is 14.4 Å². The first-order valence-electron chi connectivity index (χ1n) is 6.78. The molecule has 0 fully saturated rings. The van der Waals surface area contributed by atoms with Crippen LogP contribution in [0.3, 0.4) is 0 Å². The van der Waals surface area contributed by atoms with E-state index >= 15 is 0 Å². The molecule has 0 bridgehead atoms. The largest absolute Gasteiger partial charge is 0.409 e. The highest BCUT2D eigenvalue weighted by Crippen LogP contribution is 2.10. The molecule has 0 saturated carbocycles. The smallest absolute Gasteiger partial charge is 0.236 e. The Labute approximate surface area is 123 Å². The van der Waals surface area contributed by atoms with Crippen molar-refractivity contribution in [3.8, 4) is 0 Å². The van der Waals surface area contributed by atoms with Crippen LogP contribution in [0.15, 0.2) is 23.4 Å². The van der Waals surface area contributed by atoms with Gasteiger partial charge in [-0.25, -0.2) is 4.39 Å². The monoisotopic (exact) mass is 296 g/mol. The summed E-state index contributed by atoms with van der Waals surface area (Å²) in [6.07, 6.45) is 0. The van der Waals surface area contributed by atoms with Crippen molar-refractivity contribution in [1.82, 2.24) is 10.2 Å². The molecule has 0 aliphatic heterocycles. The zero-order valence-corrected chi connectivity index (χ0v) is 12.3. The highest BCUT2D eigenvalue weighted by Gasteiger charge is 2.10. The number of likely N-dealkylation sites (N-methyl/N-ethyl adjacent to an activating group) is 1. The average Bonchev–Trinajstić information content (AvgIpc) is 2.49. The zero-order valence-electron chi connectivity index (χ0n) is 12.3. The van der Waals surface area contributed by atoms with Gasteiger partial charge in [0.15, 0.2) is 5.84 Å². The van der Waals surface area contributed by atoms with Crippen LogP contribution in [0.5, 0.6) is 0 Å². The molecular formula is C14H21FN4O2. The topological polar surface area (TPSA) is 91.0 Å². The maximum atomic E-state index is 13.8. The Morgan fingerprint density at radius 3 is 2.62 bits per heavy atom. The van der Waals surface area contributed by atoms with E-state index in [0.29, 0.717) is 24.2 Å². The molecule has 7 heteroatoms. The number of nitrogens with zero attached hydrogens (tertiary/aromatic N) is 2. The van der Waals surface area contributed by atoms with E-state index in [1.807, 2.05) is 13.8 Å². The molecule has 0 aromatic heterocycles. The van der Waals surface area contributed by atoms with Crippen molar-refractivity contribution in [2.75, 3.05) is 19.6 Å². The summed E-state index contributed by atoms with van der Waals surface area (Å²) < 4.78 is 13.8. The van der Waals surface area contributed by atoms with Crippen molar-refractivity contribution in [3.05, 3.63) is 35.1 Å². The van der Waals surface area contributed by atoms with Gasteiger partial charge in [-0.3, -0.25) is 4.79 Å². The summed E-state index contributed by atoms with van der Waals surface area (Å²) in [5.41, 5.74) is 6.10. The second-order valence-electron chi connectivity index (χ2n) is 4.46. The van der Waals surface area contributed by atoms with E-state index < -0.39 is 5.82 Å². The number of carbonyl (C=O) groups excluding carboxylic acids is 1. The van der Waals surface area contributed by atoms with Crippen molar-refractivity contribution >= 4 is 11.7 Å². The summed E-state index contributed by atoms with van der Waals surface area (Å²) >= 11 is 0. The number of oxime groups is 1. The molecule has 0 atom stereocenters. The minimum Gasteiger partial charge on any atom is -0.409 e. The lowest BCUT2D eigenvalue weighted by Crippen LogP contribution is -2.37. The number of nitrogens with one attached hydrogen (secondary N) is 1. The molecule has 0 heterocycles. The number of amides is 1. The second-order valence-corrected chi connectivity index (χ2v) is 4.46. The van der Waals surface area contributed by atoms with Crippen molar-refractivity contribution in [2.24, 2.45) is 10.9 Å². The van der Waals surface area contributed by atoms with E-state index in [2.05, 4.69) is 10.5 Å². The van der Waals surface area contributed by atoms with Crippen molar-refractivity contribution in [1.29, 1.82) is 0 Å². The fraction of sp³-hybridized carbons (Fsp3) is 0.429. The molecule has 0 aliphatic rings. The Balaban J connectivity index is 2.59. The third-order valence-electron chi connectivity index (χ3n) is 3.16. The highest BCUT2D eigenvalue weighted by molar-refractivity contribution is 5.97. The van der Waals surface area contributed by atoms with Crippen LogP contribution >= 0.6 is 0 Å². The van der Waals surface area contributed by atoms with Gasteiger partial charge < -0.3 is 21.2 Å². The van der Waals surface area contributed by atoms with Crippen LogP contribution in [-0.4, -0.2) is 41.5 Å². The summed E-state index contributed by atoms with van der Waals surface area (Å²) in [7, 11) is 0. The van der Waals surface area contributed by atoms with Crippen LogP contribution in [0, 0.1) is 5.82 Å². The lowest BCUT2D eigenvalue weighted by atomic mass is 10.1. The SMILES string of the molecule is CCN(CC)C(=O)CNCc1ccc(/C(N)=N/O)cc1F. The predicted octanol–water partition coefficient (Wildman–Crippen LogP) is 0.878. The second kappa shape index (κ2) is 8.21. The maximum Gasteiger partial charge on any atom is 0.236 e. The molecule has 0 radical (unpaired) electrons. The number of benzene rings is 1. The molecule has 1 aromatic carbocycles. The van der Waals surface area contributed by atoms with Gasteiger partial charge in [0.2, 0.25) is 5.91 Å². The molecule has 1 aromatic rings. The minimum atomic E-state index is -0.470. The van der Waals surface area contributed by atoms with Gasteiger partial charge in [-0.05, 0) is 19.9 Å². The van der Waals surface area contributed by atoms with Gasteiger partial charge in [-0.2, -0.15) is 0 Å². The van der Waals surface area contributed by atoms with Gasteiger partial charge >= 0.3 is 0 Å². The molecule has 0 saturated heterocycles. The first kappa shape index (κ1) is 16.9. The Morgan fingerprint density at radius 1 is 1.43 bits per heavy atom. The van der Waals surface area contributed by atoms with Crippen LogP contribution in [-0.2, 0) is 11.3 Å². The summed E-state index contributed by atoms with van der Waals surface area (Å²) in [5, 5.41) is 14.3. The van der Waals surface area contributed by atoms with Gasteiger partial charge in [0, 0.05) is 30.8 Å². The van der Waals surface area contributed by atoms with Crippen molar-refractivity contribution in [3.63, 3.8) is 0 Å². The van der Waals surface area contributed by atoms with E-state index in [4.69, 9.17) is 10.9 Å². The number of carbonyl (C=O) groups is 1. The molecule has 21 heavy (non-hydrogen) atoms. The number of hydrogen-bond acceptors (Lipinski definition) is 4. The van der Waals surface area contributed by atoms with E-state index in [9.17, 15) is 9.18 Å². The summed E-state index contributed by atoms with van der Waals surface area (Å²) in [4.78, 5) is 13.5. The predicted molar refractivity (Wildman–Crippen MR) is 78.5 cm³/mol. The Kier molecular flexibility index (Phi) is 6.61. The van der Waals surface area contributed by atoms with Crippen LogP contribution in [0.25, 0.3) is 0 Å². The first-order chi connectivity index (χ1) is 10.0. The quantitative estimate of drug-likeness (QED) is 0.301. The van der Waals surface area contributed by atoms with Crippen LogP contribution in [0.4, 0.5) is 4.39 Å². The number of amidine groups is 1. The molecule has 4 N–H and O–H groups in total. The Bertz CT molecular complexity index is 516. The molecule has 0 unspecified atom stereocenters. The summed E-state index contributed by atoms with van der Waals surface area (Å²) in [5.74, 6) is -0.638. The van der Waals surface area contributed by atoms with Crippen LogP contribution in [0.2, 0.25) is 0 Å². The summed E-state index contributed by atoms with van der Waals surface area (Å²) in [6, 6.07) is 4.29. The number of hydrogen-bond donors (Lipinski definition) is 3. The third-order valence-corrected chi connectivity index (χ3v) is 3.16. The fourth-order valence-corrected chi connectivity index (χ4v) is 1.90. The van der Waals surface area contributed by atoms with E-state index in [1.54, 1.807) is 11.0 Å².